The van der Waals surface area contributed by atoms with E-state index in [1.54, 1.807) is 46.6 Å². The molecule has 2 aromatic carbocycles. The average Bonchev–Trinajstić information content (AvgIpc) is 2.86. The number of benzene rings is 2. The third-order valence-corrected chi connectivity index (χ3v) is 4.86. The third-order valence-electron chi connectivity index (χ3n) is 4.86. The smallest absolute Gasteiger partial charge is 0.248 e. The van der Waals surface area contributed by atoms with Gasteiger partial charge in [-0.25, -0.2) is 0 Å². The standard InChI is InChI=1S/C23H32N6O5.C2H6O/c1-32-20(33-2)7-10-34-19-13-15(23(27)31)12-17(25)21(19)29-9-4-3-8-28-18-6-5-14(22(26)30)11-16(18)24;1-3-2/h3-6,11-13,20,28-29H,7-10,24-25H2,1-2H3,(H2,26,30)(H2,27,31);1-2H3/b4-3+;. The van der Waals surface area contributed by atoms with Crippen molar-refractivity contribution < 1.29 is 28.5 Å². The maximum atomic E-state index is 11.6. The van der Waals surface area contributed by atoms with Crippen LogP contribution in [0.3, 0.4) is 0 Å². The first-order valence-electron chi connectivity index (χ1n) is 11.3. The van der Waals surface area contributed by atoms with Crippen molar-refractivity contribution in [3.63, 3.8) is 0 Å². The van der Waals surface area contributed by atoms with Crippen molar-refractivity contribution in [2.24, 2.45) is 11.5 Å². The van der Waals surface area contributed by atoms with Gasteiger partial charge in [-0.05, 0) is 30.3 Å². The molecule has 0 aliphatic carbocycles. The van der Waals surface area contributed by atoms with Crippen molar-refractivity contribution in [1.82, 2.24) is 0 Å². The first-order valence-corrected chi connectivity index (χ1v) is 11.3. The molecule has 0 aliphatic rings. The minimum Gasteiger partial charge on any atom is -0.491 e. The summed E-state index contributed by atoms with van der Waals surface area (Å²) in [5.41, 5.74) is 25.3. The van der Waals surface area contributed by atoms with Crippen LogP contribution < -0.4 is 38.3 Å². The van der Waals surface area contributed by atoms with Gasteiger partial charge in [0.2, 0.25) is 11.8 Å². The lowest BCUT2D eigenvalue weighted by Crippen LogP contribution is -2.18. The van der Waals surface area contributed by atoms with E-state index in [2.05, 4.69) is 15.4 Å². The molecule has 0 atom stereocenters. The lowest BCUT2D eigenvalue weighted by atomic mass is 10.1. The molecule has 0 spiro atoms. The molecule has 0 bridgehead atoms. The minimum absolute atomic E-state index is 0.243. The Hall–Kier alpha value is -4.00. The summed E-state index contributed by atoms with van der Waals surface area (Å²) in [4.78, 5) is 22.8. The molecule has 10 N–H and O–H groups in total. The van der Waals surface area contributed by atoms with Crippen LogP contribution in [0.5, 0.6) is 5.75 Å². The van der Waals surface area contributed by atoms with Gasteiger partial charge in [-0.1, -0.05) is 12.2 Å². The number of primary amides is 2. The molecule has 0 unspecified atom stereocenters. The Morgan fingerprint density at radius 1 is 0.865 bits per heavy atom. The van der Waals surface area contributed by atoms with E-state index in [9.17, 15) is 9.59 Å². The number of carbonyl (C=O) groups is 2. The summed E-state index contributed by atoms with van der Waals surface area (Å²) in [5, 5.41) is 6.34. The number of carbonyl (C=O) groups excluding carboxylic acids is 2. The lowest BCUT2D eigenvalue weighted by Gasteiger charge is -2.18. The van der Waals surface area contributed by atoms with Gasteiger partial charge in [0.25, 0.3) is 0 Å². The van der Waals surface area contributed by atoms with Gasteiger partial charge in [0, 0.05) is 59.1 Å². The number of hydrogen-bond acceptors (Lipinski definition) is 10. The highest BCUT2D eigenvalue weighted by molar-refractivity contribution is 5.96. The first kappa shape index (κ1) is 31.0. The number of rotatable bonds is 14. The summed E-state index contributed by atoms with van der Waals surface area (Å²) in [6.45, 7) is 1.21. The fourth-order valence-electron chi connectivity index (χ4n) is 3.05. The van der Waals surface area contributed by atoms with E-state index >= 15 is 0 Å². The van der Waals surface area contributed by atoms with E-state index in [0.29, 0.717) is 53.6 Å². The molecule has 0 aromatic heterocycles. The second-order valence-electron chi connectivity index (χ2n) is 7.65. The molecule has 37 heavy (non-hydrogen) atoms. The molecule has 0 aliphatic heterocycles. The largest absolute Gasteiger partial charge is 0.491 e. The molecule has 12 heteroatoms. The van der Waals surface area contributed by atoms with Crippen LogP contribution in [0, 0.1) is 0 Å². The number of nitrogen functional groups attached to an aromatic ring is 2. The summed E-state index contributed by atoms with van der Waals surface area (Å²) in [5.74, 6) is -0.745. The molecule has 0 heterocycles. The molecule has 204 valence electrons. The SMILES string of the molecule is COC.COC(CCOc1cc(C(N)=O)cc(N)c1NC/C=C/CNc1ccc(C(N)=O)cc1N)OC. The predicted octanol–water partition coefficient (Wildman–Crippen LogP) is 1.78. The number of amides is 2. The van der Waals surface area contributed by atoms with E-state index < -0.39 is 18.1 Å². The summed E-state index contributed by atoms with van der Waals surface area (Å²) in [7, 11) is 6.33. The van der Waals surface area contributed by atoms with Crippen LogP contribution in [0.1, 0.15) is 27.1 Å². The Labute approximate surface area is 217 Å². The lowest BCUT2D eigenvalue weighted by molar-refractivity contribution is -0.110. The molecule has 0 radical (unpaired) electrons. The summed E-state index contributed by atoms with van der Waals surface area (Å²) in [6, 6.07) is 7.86. The average molecular weight is 519 g/mol. The minimum atomic E-state index is -0.608. The Morgan fingerprint density at radius 2 is 1.43 bits per heavy atom. The zero-order valence-corrected chi connectivity index (χ0v) is 21.7. The molecular formula is C25H38N6O6. The first-order chi connectivity index (χ1) is 17.7. The van der Waals surface area contributed by atoms with Gasteiger partial charge in [-0.3, -0.25) is 9.59 Å². The highest BCUT2D eigenvalue weighted by Crippen LogP contribution is 2.33. The molecule has 2 aromatic rings. The fraction of sp³-hybridized carbons (Fsp3) is 0.360. The zero-order valence-electron chi connectivity index (χ0n) is 21.7. The van der Waals surface area contributed by atoms with E-state index in [1.165, 1.54) is 12.1 Å². The number of ether oxygens (including phenoxy) is 4. The van der Waals surface area contributed by atoms with Crippen molar-refractivity contribution >= 4 is 34.6 Å². The second-order valence-corrected chi connectivity index (χ2v) is 7.65. The van der Waals surface area contributed by atoms with Crippen LogP contribution in [0.2, 0.25) is 0 Å². The number of hydrogen-bond donors (Lipinski definition) is 6. The van der Waals surface area contributed by atoms with Crippen LogP contribution in [-0.2, 0) is 14.2 Å². The van der Waals surface area contributed by atoms with Gasteiger partial charge in [-0.15, -0.1) is 0 Å². The quantitative estimate of drug-likeness (QED) is 0.122. The maximum Gasteiger partial charge on any atom is 0.248 e. The van der Waals surface area contributed by atoms with Gasteiger partial charge < -0.3 is 52.5 Å². The highest BCUT2D eigenvalue weighted by atomic mass is 16.7. The Balaban J connectivity index is 0.00000217. The van der Waals surface area contributed by atoms with Crippen molar-refractivity contribution in [2.45, 2.75) is 12.7 Å². The topological polar surface area (TPSA) is 199 Å². The molecule has 0 saturated carbocycles. The number of methoxy groups -OCH3 is 3. The van der Waals surface area contributed by atoms with Crippen molar-refractivity contribution in [3.05, 3.63) is 53.6 Å². The molecule has 0 saturated heterocycles. The van der Waals surface area contributed by atoms with E-state index in [-0.39, 0.29) is 12.2 Å². The van der Waals surface area contributed by atoms with Crippen molar-refractivity contribution in [2.75, 3.05) is 70.2 Å². The van der Waals surface area contributed by atoms with Gasteiger partial charge in [0.05, 0.1) is 23.7 Å². The molecule has 12 nitrogen and oxygen atoms in total. The summed E-state index contributed by atoms with van der Waals surface area (Å²) in [6.07, 6.45) is 3.84. The molecule has 0 fully saturated rings. The monoisotopic (exact) mass is 518 g/mol. The molecule has 2 rings (SSSR count). The molecular weight excluding hydrogens is 480 g/mol. The maximum absolute atomic E-state index is 11.6. The number of nitrogens with one attached hydrogen (secondary N) is 2. The highest BCUT2D eigenvalue weighted by Gasteiger charge is 2.14. The fourth-order valence-corrected chi connectivity index (χ4v) is 3.05. The molecule has 2 amide bonds. The van der Waals surface area contributed by atoms with Crippen molar-refractivity contribution in [3.8, 4) is 5.75 Å². The van der Waals surface area contributed by atoms with Crippen LogP contribution in [0.15, 0.2) is 42.5 Å². The van der Waals surface area contributed by atoms with Crippen LogP contribution >= 0.6 is 0 Å². The normalized spacial score (nSPS) is 10.6. The van der Waals surface area contributed by atoms with Crippen molar-refractivity contribution in [1.29, 1.82) is 0 Å². The summed E-state index contributed by atoms with van der Waals surface area (Å²) < 4.78 is 20.4. The Kier molecular flexibility index (Phi) is 13.9. The predicted molar refractivity (Wildman–Crippen MR) is 146 cm³/mol. The third kappa shape index (κ3) is 10.7. The van der Waals surface area contributed by atoms with Crippen LogP contribution in [0.25, 0.3) is 0 Å². The van der Waals surface area contributed by atoms with Crippen LogP contribution in [0.4, 0.5) is 22.7 Å². The van der Waals surface area contributed by atoms with Crippen LogP contribution in [-0.4, -0.2) is 66.2 Å². The van der Waals surface area contributed by atoms with Gasteiger partial charge in [-0.2, -0.15) is 0 Å². The summed E-state index contributed by atoms with van der Waals surface area (Å²) >= 11 is 0. The Bertz CT molecular complexity index is 1040. The van der Waals surface area contributed by atoms with Gasteiger partial charge >= 0.3 is 0 Å². The second kappa shape index (κ2) is 16.6. The van der Waals surface area contributed by atoms with E-state index in [1.807, 2.05) is 12.2 Å². The number of nitrogens with two attached hydrogens (primary N) is 4. The number of anilines is 4. The van der Waals surface area contributed by atoms with Gasteiger partial charge in [0.15, 0.2) is 6.29 Å². The Morgan fingerprint density at radius 3 is 1.97 bits per heavy atom. The van der Waals surface area contributed by atoms with E-state index in [0.717, 1.165) is 0 Å². The van der Waals surface area contributed by atoms with E-state index in [4.69, 9.17) is 37.1 Å². The van der Waals surface area contributed by atoms with Gasteiger partial charge in [0.1, 0.15) is 11.4 Å². The zero-order chi connectivity index (χ0) is 27.8.